The van der Waals surface area contributed by atoms with Crippen molar-refractivity contribution in [3.63, 3.8) is 0 Å². The maximum absolute atomic E-state index is 12.3. The molecule has 1 N–H and O–H groups in total. The highest BCUT2D eigenvalue weighted by Gasteiger charge is 2.17. The van der Waals surface area contributed by atoms with Gasteiger partial charge in [0.1, 0.15) is 18.1 Å². The van der Waals surface area contributed by atoms with Gasteiger partial charge in [-0.2, -0.15) is 0 Å². The Balaban J connectivity index is 1.79. The molecule has 0 heterocycles. The fourth-order valence-electron chi connectivity index (χ4n) is 2.99. The second kappa shape index (κ2) is 10.7. The van der Waals surface area contributed by atoms with Crippen LogP contribution in [-0.4, -0.2) is 25.2 Å². The third-order valence-electron chi connectivity index (χ3n) is 4.60. The van der Waals surface area contributed by atoms with E-state index in [1.54, 1.807) is 6.92 Å². The summed E-state index contributed by atoms with van der Waals surface area (Å²) in [5.41, 5.74) is 3.54. The van der Waals surface area contributed by atoms with Gasteiger partial charge in [-0.05, 0) is 61.1 Å². The summed E-state index contributed by atoms with van der Waals surface area (Å²) in [7, 11) is 0. The summed E-state index contributed by atoms with van der Waals surface area (Å²) in [5, 5.41) is 2.88. The van der Waals surface area contributed by atoms with Crippen LogP contribution in [0.3, 0.4) is 0 Å². The van der Waals surface area contributed by atoms with Gasteiger partial charge in [0.2, 0.25) is 0 Å². The maximum Gasteiger partial charge on any atom is 0.260 e. The van der Waals surface area contributed by atoms with Crippen LogP contribution in [0.25, 0.3) is 0 Å². The van der Waals surface area contributed by atoms with E-state index in [9.17, 15) is 4.79 Å². The van der Waals surface area contributed by atoms with Crippen LogP contribution in [-0.2, 0) is 11.2 Å². The third-order valence-corrected chi connectivity index (χ3v) is 4.60. The lowest BCUT2D eigenvalue weighted by Crippen LogP contribution is -2.38. The van der Waals surface area contributed by atoms with Crippen LogP contribution in [0.2, 0.25) is 0 Å². The largest absolute Gasteiger partial charge is 0.492 e. The van der Waals surface area contributed by atoms with Gasteiger partial charge in [0.15, 0.2) is 6.10 Å². The first kappa shape index (κ1) is 21.8. The summed E-state index contributed by atoms with van der Waals surface area (Å²) in [6.07, 6.45) is 1.65. The molecule has 0 radical (unpaired) electrons. The summed E-state index contributed by atoms with van der Waals surface area (Å²) in [6, 6.07) is 14.2. The minimum Gasteiger partial charge on any atom is -0.492 e. The molecule has 2 aromatic rings. The fourth-order valence-corrected chi connectivity index (χ4v) is 2.99. The Bertz CT molecular complexity index is 753. The van der Waals surface area contributed by atoms with Gasteiger partial charge in [-0.1, -0.05) is 51.5 Å². The van der Waals surface area contributed by atoms with Gasteiger partial charge in [-0.15, -0.1) is 0 Å². The van der Waals surface area contributed by atoms with Crippen molar-refractivity contribution in [2.24, 2.45) is 0 Å². The normalized spacial score (nSPS) is 11.9. The Kier molecular flexibility index (Phi) is 8.37. The quantitative estimate of drug-likeness (QED) is 0.585. The summed E-state index contributed by atoms with van der Waals surface area (Å²) in [4.78, 5) is 12.3. The molecule has 4 heteroatoms. The van der Waals surface area contributed by atoms with Crippen LogP contribution in [0.4, 0.5) is 0 Å². The lowest BCUT2D eigenvalue weighted by molar-refractivity contribution is -0.127. The zero-order valence-electron chi connectivity index (χ0n) is 17.7. The minimum absolute atomic E-state index is 0.141. The lowest BCUT2D eigenvalue weighted by atomic mass is 10.0. The van der Waals surface area contributed by atoms with E-state index >= 15 is 0 Å². The molecule has 1 amide bonds. The van der Waals surface area contributed by atoms with Gasteiger partial charge in [-0.25, -0.2) is 0 Å². The first-order valence-corrected chi connectivity index (χ1v) is 10.2. The molecule has 28 heavy (non-hydrogen) atoms. The van der Waals surface area contributed by atoms with Crippen LogP contribution in [0.5, 0.6) is 11.5 Å². The summed E-state index contributed by atoms with van der Waals surface area (Å²) in [5.74, 6) is 1.79. The van der Waals surface area contributed by atoms with E-state index in [-0.39, 0.29) is 5.91 Å². The first-order valence-electron chi connectivity index (χ1n) is 10.2. The molecule has 0 aliphatic heterocycles. The van der Waals surface area contributed by atoms with Crippen molar-refractivity contribution < 1.29 is 14.3 Å². The van der Waals surface area contributed by atoms with E-state index in [2.05, 4.69) is 50.4 Å². The molecule has 4 nitrogen and oxygen atoms in total. The lowest BCUT2D eigenvalue weighted by Gasteiger charge is -2.19. The molecule has 152 valence electrons. The first-order chi connectivity index (χ1) is 13.4. The van der Waals surface area contributed by atoms with Crippen molar-refractivity contribution in [3.05, 3.63) is 59.2 Å². The molecule has 2 aromatic carbocycles. The number of amides is 1. The number of aryl methyl sites for hydroxylation is 2. The van der Waals surface area contributed by atoms with Gasteiger partial charge in [0.05, 0.1) is 6.54 Å². The van der Waals surface area contributed by atoms with Gasteiger partial charge in [0, 0.05) is 0 Å². The van der Waals surface area contributed by atoms with E-state index < -0.39 is 6.10 Å². The van der Waals surface area contributed by atoms with Crippen LogP contribution >= 0.6 is 0 Å². The zero-order valence-corrected chi connectivity index (χ0v) is 17.7. The predicted molar refractivity (Wildman–Crippen MR) is 114 cm³/mol. The average Bonchev–Trinajstić information content (AvgIpc) is 2.66. The molecule has 0 spiro atoms. The Morgan fingerprint density at radius 3 is 2.43 bits per heavy atom. The number of benzene rings is 2. The van der Waals surface area contributed by atoms with Crippen LogP contribution in [0.1, 0.15) is 56.7 Å². The highest BCUT2D eigenvalue weighted by molar-refractivity contribution is 5.80. The summed E-state index contributed by atoms with van der Waals surface area (Å²) in [6.45, 7) is 11.1. The van der Waals surface area contributed by atoms with Crippen LogP contribution < -0.4 is 14.8 Å². The second-order valence-corrected chi connectivity index (χ2v) is 7.49. The van der Waals surface area contributed by atoms with Gasteiger partial charge < -0.3 is 14.8 Å². The van der Waals surface area contributed by atoms with Crippen molar-refractivity contribution in [3.8, 4) is 11.5 Å². The number of carbonyl (C=O) groups is 1. The molecule has 0 saturated heterocycles. The highest BCUT2D eigenvalue weighted by Crippen LogP contribution is 2.28. The van der Waals surface area contributed by atoms with Crippen molar-refractivity contribution in [1.82, 2.24) is 5.32 Å². The van der Waals surface area contributed by atoms with E-state index in [1.165, 1.54) is 5.56 Å². The summed E-state index contributed by atoms with van der Waals surface area (Å²) < 4.78 is 11.6. The standard InChI is InChI=1S/C24H33NO3/c1-6-7-20-9-11-21(12-10-20)27-15-14-25-24(26)19(5)28-23-16-18(4)8-13-22(23)17(2)3/h8-13,16-17,19H,6-7,14-15H2,1-5H3,(H,25,26)/t19-/m0/s1. The topological polar surface area (TPSA) is 47.6 Å². The van der Waals surface area contributed by atoms with Crippen LogP contribution in [0, 0.1) is 6.92 Å². The minimum atomic E-state index is -0.562. The average molecular weight is 384 g/mol. The Morgan fingerprint density at radius 1 is 1.07 bits per heavy atom. The molecule has 0 unspecified atom stereocenters. The summed E-state index contributed by atoms with van der Waals surface area (Å²) >= 11 is 0. The highest BCUT2D eigenvalue weighted by atomic mass is 16.5. The number of nitrogens with one attached hydrogen (secondary N) is 1. The number of carbonyl (C=O) groups excluding carboxylic acids is 1. The third kappa shape index (κ3) is 6.59. The number of hydrogen-bond donors (Lipinski definition) is 1. The van der Waals surface area contributed by atoms with Gasteiger partial charge in [-0.3, -0.25) is 4.79 Å². The molecule has 0 fully saturated rings. The van der Waals surface area contributed by atoms with Gasteiger partial charge in [0.25, 0.3) is 5.91 Å². The molecule has 0 aliphatic rings. The molecular weight excluding hydrogens is 350 g/mol. The van der Waals surface area contributed by atoms with Gasteiger partial charge >= 0.3 is 0 Å². The van der Waals surface area contributed by atoms with Crippen molar-refractivity contribution >= 4 is 5.91 Å². The SMILES string of the molecule is CCCc1ccc(OCCNC(=O)[C@H](C)Oc2cc(C)ccc2C(C)C)cc1. The molecule has 0 saturated carbocycles. The van der Waals surface area contributed by atoms with Crippen molar-refractivity contribution in [2.45, 2.75) is 59.5 Å². The Morgan fingerprint density at radius 2 is 1.79 bits per heavy atom. The number of ether oxygens (including phenoxy) is 2. The van der Waals surface area contributed by atoms with E-state index in [4.69, 9.17) is 9.47 Å². The van der Waals surface area contributed by atoms with Crippen molar-refractivity contribution in [1.29, 1.82) is 0 Å². The molecule has 1 atom stereocenters. The predicted octanol–water partition coefficient (Wildman–Crippen LogP) is 5.03. The number of rotatable bonds is 10. The maximum atomic E-state index is 12.3. The Labute approximate surface area is 169 Å². The zero-order chi connectivity index (χ0) is 20.5. The van der Waals surface area contributed by atoms with E-state index in [0.717, 1.165) is 35.5 Å². The number of hydrogen-bond acceptors (Lipinski definition) is 3. The van der Waals surface area contributed by atoms with Crippen LogP contribution in [0.15, 0.2) is 42.5 Å². The molecule has 0 bridgehead atoms. The Hall–Kier alpha value is -2.49. The van der Waals surface area contributed by atoms with E-state index in [0.29, 0.717) is 19.1 Å². The van der Waals surface area contributed by atoms with Crippen molar-refractivity contribution in [2.75, 3.05) is 13.2 Å². The molecule has 0 aromatic heterocycles. The molecule has 2 rings (SSSR count). The monoisotopic (exact) mass is 383 g/mol. The molecular formula is C24H33NO3. The smallest absolute Gasteiger partial charge is 0.260 e. The second-order valence-electron chi connectivity index (χ2n) is 7.49. The molecule has 0 aliphatic carbocycles. The van der Waals surface area contributed by atoms with E-state index in [1.807, 2.05) is 25.1 Å². The fraction of sp³-hybridized carbons (Fsp3) is 0.458.